The first-order valence-electron chi connectivity index (χ1n) is 3.71. The van der Waals surface area contributed by atoms with E-state index in [9.17, 15) is 0 Å². The van der Waals surface area contributed by atoms with Gasteiger partial charge >= 0.3 is 0 Å². The minimum Gasteiger partial charge on any atom is -0.326 e. The van der Waals surface area contributed by atoms with Gasteiger partial charge in [-0.25, -0.2) is 0 Å². The molecule has 1 unspecified atom stereocenters. The molecule has 0 saturated heterocycles. The zero-order chi connectivity index (χ0) is 8.20. The average molecular weight is 140 g/mol. The number of rotatable bonds is 3. The van der Waals surface area contributed by atoms with Crippen molar-refractivity contribution in [2.24, 2.45) is 11.1 Å². The van der Waals surface area contributed by atoms with Gasteiger partial charge in [-0.3, -0.25) is 0 Å². The molecule has 0 aliphatic rings. The third-order valence-corrected chi connectivity index (χ3v) is 1.81. The van der Waals surface area contributed by atoms with Crippen LogP contribution >= 0.6 is 0 Å². The Balaban J connectivity index is 3.94. The van der Waals surface area contributed by atoms with Crippen molar-refractivity contribution in [3.8, 4) is 6.07 Å². The Bertz CT molecular complexity index is 133. The minimum absolute atomic E-state index is 0.0162. The quantitative estimate of drug-likeness (QED) is 0.648. The minimum atomic E-state index is -0.365. The summed E-state index contributed by atoms with van der Waals surface area (Å²) in [6, 6.07) is 2.22. The largest absolute Gasteiger partial charge is 0.326 e. The molecule has 0 aliphatic heterocycles. The topological polar surface area (TPSA) is 49.8 Å². The maximum absolute atomic E-state index is 8.66. The van der Waals surface area contributed by atoms with Gasteiger partial charge in [0.25, 0.3) is 0 Å². The van der Waals surface area contributed by atoms with Gasteiger partial charge in [-0.1, -0.05) is 13.3 Å². The van der Waals surface area contributed by atoms with Crippen LogP contribution in [0.4, 0.5) is 0 Å². The van der Waals surface area contributed by atoms with Crippen LogP contribution in [-0.2, 0) is 0 Å². The lowest BCUT2D eigenvalue weighted by Gasteiger charge is -2.23. The van der Waals surface area contributed by atoms with E-state index < -0.39 is 0 Å². The molecule has 1 atom stereocenters. The molecule has 0 amide bonds. The Labute approximate surface area is 63.0 Å². The van der Waals surface area contributed by atoms with Crippen molar-refractivity contribution in [1.82, 2.24) is 0 Å². The second kappa shape index (κ2) is 3.58. The second-order valence-corrected chi connectivity index (χ2v) is 3.23. The standard InChI is InChI=1S/C8H16N2/c1-4-5-7(10)8(2,3)6-9/h7H,4-5,10H2,1-3H3. The summed E-state index contributed by atoms with van der Waals surface area (Å²) in [5.74, 6) is 0. The fourth-order valence-corrected chi connectivity index (χ4v) is 0.755. The first kappa shape index (κ1) is 9.45. The molecule has 2 N–H and O–H groups in total. The molecule has 0 heterocycles. The Morgan fingerprint density at radius 1 is 1.60 bits per heavy atom. The van der Waals surface area contributed by atoms with E-state index in [4.69, 9.17) is 11.0 Å². The Hall–Kier alpha value is -0.550. The fraction of sp³-hybridized carbons (Fsp3) is 0.875. The zero-order valence-corrected chi connectivity index (χ0v) is 7.02. The summed E-state index contributed by atoms with van der Waals surface area (Å²) in [5, 5.41) is 8.66. The normalized spacial score (nSPS) is 14.3. The number of nitrogens with zero attached hydrogens (tertiary/aromatic N) is 1. The summed E-state index contributed by atoms with van der Waals surface area (Å²) in [5.41, 5.74) is 5.38. The Morgan fingerprint density at radius 2 is 2.10 bits per heavy atom. The van der Waals surface area contributed by atoms with Crippen molar-refractivity contribution in [3.05, 3.63) is 0 Å². The summed E-state index contributed by atoms with van der Waals surface area (Å²) < 4.78 is 0. The van der Waals surface area contributed by atoms with E-state index in [0.29, 0.717) is 0 Å². The number of hydrogen-bond acceptors (Lipinski definition) is 2. The Kier molecular flexibility index (Phi) is 3.38. The summed E-state index contributed by atoms with van der Waals surface area (Å²) in [6.07, 6.45) is 1.98. The molecule has 0 fully saturated rings. The van der Waals surface area contributed by atoms with Gasteiger partial charge in [0, 0.05) is 6.04 Å². The van der Waals surface area contributed by atoms with Crippen LogP contribution in [0.1, 0.15) is 33.6 Å². The van der Waals surface area contributed by atoms with E-state index >= 15 is 0 Å². The molecule has 0 saturated carbocycles. The summed E-state index contributed by atoms with van der Waals surface area (Å²) >= 11 is 0. The van der Waals surface area contributed by atoms with Crippen LogP contribution < -0.4 is 5.73 Å². The molecule has 10 heavy (non-hydrogen) atoms. The van der Waals surface area contributed by atoms with Crippen LogP contribution in [0, 0.1) is 16.7 Å². The van der Waals surface area contributed by atoms with Crippen LogP contribution in [0.3, 0.4) is 0 Å². The van der Waals surface area contributed by atoms with Gasteiger partial charge in [-0.05, 0) is 20.3 Å². The second-order valence-electron chi connectivity index (χ2n) is 3.23. The first-order chi connectivity index (χ1) is 4.54. The van der Waals surface area contributed by atoms with Crippen molar-refractivity contribution in [1.29, 1.82) is 5.26 Å². The molecule has 2 nitrogen and oxygen atoms in total. The van der Waals surface area contributed by atoms with Gasteiger partial charge in [0.15, 0.2) is 0 Å². The van der Waals surface area contributed by atoms with Crippen LogP contribution in [0.15, 0.2) is 0 Å². The van der Waals surface area contributed by atoms with Gasteiger partial charge in [0.1, 0.15) is 0 Å². The highest BCUT2D eigenvalue weighted by Crippen LogP contribution is 2.20. The summed E-state index contributed by atoms with van der Waals surface area (Å²) in [7, 11) is 0. The predicted molar refractivity (Wildman–Crippen MR) is 42.3 cm³/mol. The van der Waals surface area contributed by atoms with Gasteiger partial charge in [-0.2, -0.15) is 5.26 Å². The average Bonchev–Trinajstić information content (AvgIpc) is 1.89. The Morgan fingerprint density at radius 3 is 2.40 bits per heavy atom. The number of hydrogen-bond donors (Lipinski definition) is 1. The lowest BCUT2D eigenvalue weighted by molar-refractivity contribution is 0.362. The van der Waals surface area contributed by atoms with Crippen LogP contribution in [-0.4, -0.2) is 6.04 Å². The lowest BCUT2D eigenvalue weighted by Crippen LogP contribution is -2.35. The molecule has 2 heteroatoms. The van der Waals surface area contributed by atoms with Gasteiger partial charge in [0.05, 0.1) is 11.5 Å². The van der Waals surface area contributed by atoms with Crippen molar-refractivity contribution in [3.63, 3.8) is 0 Å². The summed E-state index contributed by atoms with van der Waals surface area (Å²) in [6.45, 7) is 5.84. The molecule has 0 spiro atoms. The fourth-order valence-electron chi connectivity index (χ4n) is 0.755. The first-order valence-corrected chi connectivity index (χ1v) is 3.71. The van der Waals surface area contributed by atoms with Crippen molar-refractivity contribution < 1.29 is 0 Å². The smallest absolute Gasteiger partial charge is 0.0700 e. The van der Waals surface area contributed by atoms with E-state index in [2.05, 4.69) is 13.0 Å². The van der Waals surface area contributed by atoms with Crippen molar-refractivity contribution >= 4 is 0 Å². The third kappa shape index (κ3) is 2.36. The molecule has 58 valence electrons. The highest BCUT2D eigenvalue weighted by molar-refractivity contribution is 4.98. The molecule has 0 bridgehead atoms. The van der Waals surface area contributed by atoms with E-state index in [1.165, 1.54) is 0 Å². The van der Waals surface area contributed by atoms with Crippen LogP contribution in [0.5, 0.6) is 0 Å². The summed E-state index contributed by atoms with van der Waals surface area (Å²) in [4.78, 5) is 0. The van der Waals surface area contributed by atoms with E-state index in [1.807, 2.05) is 13.8 Å². The SMILES string of the molecule is CCCC(N)C(C)(C)C#N. The van der Waals surface area contributed by atoms with Crippen molar-refractivity contribution in [2.75, 3.05) is 0 Å². The third-order valence-electron chi connectivity index (χ3n) is 1.81. The number of nitrogens with two attached hydrogens (primary N) is 1. The monoisotopic (exact) mass is 140 g/mol. The molecule has 0 aromatic carbocycles. The zero-order valence-electron chi connectivity index (χ0n) is 7.02. The highest BCUT2D eigenvalue weighted by Gasteiger charge is 2.24. The van der Waals surface area contributed by atoms with Crippen molar-refractivity contribution in [2.45, 2.75) is 39.7 Å². The van der Waals surface area contributed by atoms with E-state index in [0.717, 1.165) is 12.8 Å². The van der Waals surface area contributed by atoms with E-state index in [-0.39, 0.29) is 11.5 Å². The lowest BCUT2D eigenvalue weighted by atomic mass is 9.84. The molecule has 0 aromatic heterocycles. The number of nitriles is 1. The van der Waals surface area contributed by atoms with Crippen LogP contribution in [0.25, 0.3) is 0 Å². The van der Waals surface area contributed by atoms with Gasteiger partial charge in [-0.15, -0.1) is 0 Å². The molecule has 0 aliphatic carbocycles. The van der Waals surface area contributed by atoms with E-state index in [1.54, 1.807) is 0 Å². The highest BCUT2D eigenvalue weighted by atomic mass is 14.7. The molecule has 0 radical (unpaired) electrons. The van der Waals surface area contributed by atoms with Gasteiger partial charge in [0.2, 0.25) is 0 Å². The molecular formula is C8H16N2. The van der Waals surface area contributed by atoms with Crippen LogP contribution in [0.2, 0.25) is 0 Å². The van der Waals surface area contributed by atoms with Gasteiger partial charge < -0.3 is 5.73 Å². The molecule has 0 rings (SSSR count). The molecular weight excluding hydrogens is 124 g/mol. The maximum Gasteiger partial charge on any atom is 0.0700 e. The maximum atomic E-state index is 8.66. The predicted octanol–water partition coefficient (Wildman–Crippen LogP) is 1.66. The molecule has 0 aromatic rings.